The van der Waals surface area contributed by atoms with Crippen molar-refractivity contribution in [2.24, 2.45) is 0 Å². The smallest absolute Gasteiger partial charge is 0.319 e. The van der Waals surface area contributed by atoms with Gasteiger partial charge in [-0.25, -0.2) is 9.18 Å². The van der Waals surface area contributed by atoms with E-state index in [0.29, 0.717) is 6.42 Å². The normalized spacial score (nSPS) is 21.7. The highest BCUT2D eigenvalue weighted by Gasteiger charge is 2.54. The van der Waals surface area contributed by atoms with Gasteiger partial charge in [0.2, 0.25) is 0 Å². The largest absolute Gasteiger partial charge is 0.325 e. The fourth-order valence-electron chi connectivity index (χ4n) is 3.83. The van der Waals surface area contributed by atoms with Gasteiger partial charge in [0.05, 0.1) is 6.54 Å². The van der Waals surface area contributed by atoms with Crippen LogP contribution >= 0.6 is 0 Å². The Hall–Kier alpha value is -3.02. The van der Waals surface area contributed by atoms with Gasteiger partial charge in [0.25, 0.3) is 5.91 Å². The maximum Gasteiger partial charge on any atom is 0.325 e. The summed E-state index contributed by atoms with van der Waals surface area (Å²) in [6.07, 6.45) is 2.15. The summed E-state index contributed by atoms with van der Waals surface area (Å²) in [6.45, 7) is -0.361. The number of aryl methyl sites for hydroxylation is 1. The molecule has 1 heterocycles. The number of Topliss-reactive ketones (excluding diaryl/α,β-unsaturated/α-hetero) is 1. The number of imide groups is 1. The molecule has 1 fully saturated rings. The highest BCUT2D eigenvalue weighted by Crippen LogP contribution is 2.39. The maximum atomic E-state index is 13.1. The van der Waals surface area contributed by atoms with Crippen LogP contribution in [0.15, 0.2) is 48.5 Å². The monoisotopic (exact) mass is 352 g/mol. The Morgan fingerprint density at radius 1 is 1.12 bits per heavy atom. The summed E-state index contributed by atoms with van der Waals surface area (Å²) in [4.78, 5) is 39.0. The van der Waals surface area contributed by atoms with Crippen LogP contribution in [0.3, 0.4) is 0 Å². The molecule has 0 radical (unpaired) electrons. The second-order valence-electron chi connectivity index (χ2n) is 6.67. The molecule has 1 N–H and O–H groups in total. The Labute approximate surface area is 149 Å². The minimum Gasteiger partial charge on any atom is -0.319 e. The number of nitrogens with one attached hydrogen (secondary N) is 1. The van der Waals surface area contributed by atoms with Gasteiger partial charge in [-0.1, -0.05) is 24.3 Å². The molecule has 0 bridgehead atoms. The summed E-state index contributed by atoms with van der Waals surface area (Å²) in [5.41, 5.74) is 1.02. The van der Waals surface area contributed by atoms with Gasteiger partial charge in [0.1, 0.15) is 11.4 Å². The predicted octanol–water partition coefficient (Wildman–Crippen LogP) is 2.79. The van der Waals surface area contributed by atoms with Crippen LogP contribution in [0.25, 0.3) is 0 Å². The molecule has 5 nitrogen and oxygen atoms in total. The Morgan fingerprint density at radius 2 is 1.85 bits per heavy atom. The second kappa shape index (κ2) is 6.05. The molecule has 1 spiro atoms. The van der Waals surface area contributed by atoms with Crippen LogP contribution in [0.4, 0.5) is 9.18 Å². The lowest BCUT2D eigenvalue weighted by molar-refractivity contribution is -0.131. The molecule has 26 heavy (non-hydrogen) atoms. The Kier molecular flexibility index (Phi) is 3.83. The van der Waals surface area contributed by atoms with Crippen molar-refractivity contribution >= 4 is 17.7 Å². The molecule has 1 aliphatic carbocycles. The van der Waals surface area contributed by atoms with E-state index in [1.54, 1.807) is 0 Å². The second-order valence-corrected chi connectivity index (χ2v) is 6.67. The minimum absolute atomic E-state index is 0.261. The van der Waals surface area contributed by atoms with Crippen LogP contribution in [-0.2, 0) is 16.8 Å². The van der Waals surface area contributed by atoms with Gasteiger partial charge in [-0.15, -0.1) is 0 Å². The molecule has 2 aromatic rings. The van der Waals surface area contributed by atoms with Gasteiger partial charge >= 0.3 is 6.03 Å². The minimum atomic E-state index is -1.09. The van der Waals surface area contributed by atoms with Crippen LogP contribution in [0.5, 0.6) is 0 Å². The third-order valence-electron chi connectivity index (χ3n) is 5.12. The summed E-state index contributed by atoms with van der Waals surface area (Å²) in [6, 6.07) is 12.1. The standard InChI is InChI=1S/C20H17FN2O3/c21-15-9-7-14(8-10-15)17(24)12-23-18(25)20(22-19(23)26)11-3-5-13-4-1-2-6-16(13)20/h1-2,4,6-10H,3,5,11-12H2,(H,22,26)/t20-/m0/s1. The molecule has 2 aliphatic rings. The van der Waals surface area contributed by atoms with E-state index in [1.807, 2.05) is 24.3 Å². The number of benzene rings is 2. The summed E-state index contributed by atoms with van der Waals surface area (Å²) in [7, 11) is 0. The van der Waals surface area contributed by atoms with E-state index in [4.69, 9.17) is 0 Å². The van der Waals surface area contributed by atoms with Crippen molar-refractivity contribution in [3.8, 4) is 0 Å². The third kappa shape index (κ3) is 2.49. The first-order valence-electron chi connectivity index (χ1n) is 8.52. The Balaban J connectivity index is 1.63. The van der Waals surface area contributed by atoms with E-state index in [0.717, 1.165) is 28.9 Å². The lowest BCUT2D eigenvalue weighted by Crippen LogP contribution is -2.46. The summed E-state index contributed by atoms with van der Waals surface area (Å²) >= 11 is 0. The number of amides is 3. The molecule has 2 aromatic carbocycles. The first kappa shape index (κ1) is 16.4. The molecular weight excluding hydrogens is 335 g/mol. The number of rotatable bonds is 3. The number of hydrogen-bond donors (Lipinski definition) is 1. The SMILES string of the molecule is O=C(CN1C(=O)N[C@]2(CCCc3ccccc32)C1=O)c1ccc(F)cc1. The number of carbonyl (C=O) groups is 3. The predicted molar refractivity (Wildman–Crippen MR) is 92.0 cm³/mol. The summed E-state index contributed by atoms with van der Waals surface area (Å²) < 4.78 is 13.0. The van der Waals surface area contributed by atoms with Crippen molar-refractivity contribution in [2.75, 3.05) is 6.54 Å². The van der Waals surface area contributed by atoms with Crippen LogP contribution in [0.1, 0.15) is 34.3 Å². The fraction of sp³-hybridized carbons (Fsp3) is 0.250. The van der Waals surface area contributed by atoms with E-state index >= 15 is 0 Å². The van der Waals surface area contributed by atoms with Crippen LogP contribution in [0.2, 0.25) is 0 Å². The Morgan fingerprint density at radius 3 is 2.62 bits per heavy atom. The molecule has 1 atom stereocenters. The van der Waals surface area contributed by atoms with E-state index in [2.05, 4.69) is 5.32 Å². The first-order valence-corrected chi connectivity index (χ1v) is 8.52. The zero-order valence-corrected chi connectivity index (χ0v) is 14.0. The summed E-state index contributed by atoms with van der Waals surface area (Å²) in [5.74, 6) is -1.26. The molecule has 132 valence electrons. The van der Waals surface area contributed by atoms with Crippen LogP contribution in [-0.4, -0.2) is 29.2 Å². The molecule has 1 saturated heterocycles. The van der Waals surface area contributed by atoms with Crippen LogP contribution < -0.4 is 5.32 Å². The van der Waals surface area contributed by atoms with Gasteiger partial charge in [0, 0.05) is 5.56 Å². The van der Waals surface area contributed by atoms with Gasteiger partial charge in [-0.05, 0) is 54.7 Å². The van der Waals surface area contributed by atoms with Crippen LogP contribution in [0, 0.1) is 5.82 Å². The van der Waals surface area contributed by atoms with Gasteiger partial charge in [-0.2, -0.15) is 0 Å². The van der Waals surface area contributed by atoms with Gasteiger partial charge < -0.3 is 5.32 Å². The van der Waals surface area contributed by atoms with E-state index in [9.17, 15) is 18.8 Å². The quantitative estimate of drug-likeness (QED) is 0.682. The Bertz CT molecular complexity index is 910. The van der Waals surface area contributed by atoms with Crippen molar-refractivity contribution in [1.29, 1.82) is 0 Å². The average molecular weight is 352 g/mol. The fourth-order valence-corrected chi connectivity index (χ4v) is 3.83. The zero-order chi connectivity index (χ0) is 18.3. The van der Waals surface area contributed by atoms with Crippen molar-refractivity contribution in [2.45, 2.75) is 24.8 Å². The molecule has 6 heteroatoms. The molecule has 4 rings (SSSR count). The maximum absolute atomic E-state index is 13.1. The average Bonchev–Trinajstić information content (AvgIpc) is 2.87. The highest BCUT2D eigenvalue weighted by molar-refractivity contribution is 6.11. The van der Waals surface area contributed by atoms with Crippen molar-refractivity contribution in [3.05, 3.63) is 71.0 Å². The molecule has 1 aliphatic heterocycles. The lowest BCUT2D eigenvalue weighted by atomic mass is 9.76. The molecule has 0 unspecified atom stereocenters. The molecular formula is C20H17FN2O3. The number of ketones is 1. The van der Waals surface area contributed by atoms with Gasteiger partial charge in [-0.3, -0.25) is 14.5 Å². The lowest BCUT2D eigenvalue weighted by Gasteiger charge is -2.33. The summed E-state index contributed by atoms with van der Waals surface area (Å²) in [5, 5.41) is 2.82. The number of nitrogens with zero attached hydrogens (tertiary/aromatic N) is 1. The van der Waals surface area contributed by atoms with Crippen molar-refractivity contribution in [1.82, 2.24) is 10.2 Å². The van der Waals surface area contributed by atoms with E-state index < -0.39 is 29.1 Å². The molecule has 0 aromatic heterocycles. The number of fused-ring (bicyclic) bond motifs is 2. The van der Waals surface area contributed by atoms with Crippen molar-refractivity contribution in [3.63, 3.8) is 0 Å². The topological polar surface area (TPSA) is 66.5 Å². The van der Waals surface area contributed by atoms with E-state index in [1.165, 1.54) is 24.3 Å². The third-order valence-corrected chi connectivity index (χ3v) is 5.12. The molecule has 0 saturated carbocycles. The van der Waals surface area contributed by atoms with Gasteiger partial charge in [0.15, 0.2) is 5.78 Å². The number of hydrogen-bond acceptors (Lipinski definition) is 3. The number of urea groups is 1. The number of halogens is 1. The highest BCUT2D eigenvalue weighted by atomic mass is 19.1. The zero-order valence-electron chi connectivity index (χ0n) is 14.0. The van der Waals surface area contributed by atoms with E-state index in [-0.39, 0.29) is 12.1 Å². The molecule has 3 amide bonds. The first-order chi connectivity index (χ1) is 12.5. The number of carbonyl (C=O) groups excluding carboxylic acids is 3. The van der Waals surface area contributed by atoms with Crippen molar-refractivity contribution < 1.29 is 18.8 Å².